The third-order valence-corrected chi connectivity index (χ3v) is 3.76. The third-order valence-electron chi connectivity index (χ3n) is 3.76. The topological polar surface area (TPSA) is 61.6 Å². The molecular formula is C14H22N4O2. The first-order chi connectivity index (χ1) is 9.56. The summed E-state index contributed by atoms with van der Waals surface area (Å²) in [5, 5.41) is 14.2. The second kappa shape index (κ2) is 6.67. The highest BCUT2D eigenvalue weighted by molar-refractivity contribution is 5.54. The molecule has 0 spiro atoms. The van der Waals surface area contributed by atoms with Gasteiger partial charge in [-0.15, -0.1) is 0 Å². The van der Waals surface area contributed by atoms with Crippen molar-refractivity contribution in [2.75, 3.05) is 51.6 Å². The van der Waals surface area contributed by atoms with Gasteiger partial charge in [0.15, 0.2) is 0 Å². The Hall–Kier alpha value is -1.66. The van der Waals surface area contributed by atoms with Crippen LogP contribution in [-0.2, 0) is 0 Å². The van der Waals surface area contributed by atoms with Crippen molar-refractivity contribution in [3.05, 3.63) is 33.9 Å². The van der Waals surface area contributed by atoms with Crippen molar-refractivity contribution in [3.8, 4) is 0 Å². The average molecular weight is 278 g/mol. The number of nitrogens with one attached hydrogen (secondary N) is 1. The first-order valence-corrected chi connectivity index (χ1v) is 6.96. The van der Waals surface area contributed by atoms with E-state index < -0.39 is 0 Å². The maximum atomic E-state index is 10.9. The number of benzene rings is 1. The number of piperazine rings is 1. The summed E-state index contributed by atoms with van der Waals surface area (Å²) >= 11 is 0. The second-order valence-corrected chi connectivity index (χ2v) is 5.33. The fraction of sp³-hybridized carbons (Fsp3) is 0.571. The Balaban J connectivity index is 1.82. The van der Waals surface area contributed by atoms with Gasteiger partial charge in [0.25, 0.3) is 5.69 Å². The van der Waals surface area contributed by atoms with E-state index in [1.807, 2.05) is 6.07 Å². The zero-order valence-electron chi connectivity index (χ0n) is 12.1. The molecule has 0 amide bonds. The molecule has 110 valence electrons. The van der Waals surface area contributed by atoms with Gasteiger partial charge in [-0.1, -0.05) is 6.07 Å². The van der Waals surface area contributed by atoms with Crippen LogP contribution in [0.2, 0.25) is 0 Å². The fourth-order valence-corrected chi connectivity index (χ4v) is 2.35. The van der Waals surface area contributed by atoms with Crippen LogP contribution >= 0.6 is 0 Å². The van der Waals surface area contributed by atoms with Gasteiger partial charge in [0.2, 0.25) is 0 Å². The Bertz CT molecular complexity index is 470. The number of anilines is 1. The van der Waals surface area contributed by atoms with Gasteiger partial charge in [-0.2, -0.15) is 0 Å². The van der Waals surface area contributed by atoms with Gasteiger partial charge >= 0.3 is 0 Å². The maximum Gasteiger partial charge on any atom is 0.274 e. The Morgan fingerprint density at radius 3 is 2.65 bits per heavy atom. The number of aryl methyl sites for hydroxylation is 1. The van der Waals surface area contributed by atoms with Crippen LogP contribution in [-0.4, -0.2) is 61.0 Å². The fourth-order valence-electron chi connectivity index (χ4n) is 2.35. The van der Waals surface area contributed by atoms with E-state index in [1.165, 1.54) is 0 Å². The smallest absolute Gasteiger partial charge is 0.274 e. The van der Waals surface area contributed by atoms with E-state index in [9.17, 15) is 10.1 Å². The SMILES string of the molecule is Cc1ccc(NCCN2CCN(C)CC2)cc1[N+](=O)[O-]. The quantitative estimate of drug-likeness (QED) is 0.654. The molecule has 1 aromatic carbocycles. The van der Waals surface area contributed by atoms with Gasteiger partial charge in [-0.05, 0) is 20.0 Å². The van der Waals surface area contributed by atoms with Crippen LogP contribution in [0.15, 0.2) is 18.2 Å². The van der Waals surface area contributed by atoms with Crippen molar-refractivity contribution in [1.82, 2.24) is 9.80 Å². The first-order valence-electron chi connectivity index (χ1n) is 6.96. The molecule has 1 heterocycles. The van der Waals surface area contributed by atoms with E-state index in [0.29, 0.717) is 5.56 Å². The predicted octanol–water partition coefficient (Wildman–Crippen LogP) is 1.56. The van der Waals surface area contributed by atoms with Gasteiger partial charge in [-0.3, -0.25) is 15.0 Å². The molecule has 0 bridgehead atoms. The number of nitro benzene ring substituents is 1. The van der Waals surface area contributed by atoms with Crippen molar-refractivity contribution in [2.24, 2.45) is 0 Å². The van der Waals surface area contributed by atoms with Crippen LogP contribution in [0.25, 0.3) is 0 Å². The molecule has 1 saturated heterocycles. The number of rotatable bonds is 5. The van der Waals surface area contributed by atoms with E-state index in [2.05, 4.69) is 22.2 Å². The lowest BCUT2D eigenvalue weighted by molar-refractivity contribution is -0.385. The summed E-state index contributed by atoms with van der Waals surface area (Å²) in [5.74, 6) is 0. The molecule has 0 aliphatic carbocycles. The number of likely N-dealkylation sites (N-methyl/N-ethyl adjacent to an activating group) is 1. The number of nitrogens with zero attached hydrogens (tertiary/aromatic N) is 3. The number of nitro groups is 1. The summed E-state index contributed by atoms with van der Waals surface area (Å²) < 4.78 is 0. The van der Waals surface area contributed by atoms with Crippen LogP contribution < -0.4 is 5.32 Å². The monoisotopic (exact) mass is 278 g/mol. The largest absolute Gasteiger partial charge is 0.384 e. The van der Waals surface area contributed by atoms with Crippen molar-refractivity contribution in [1.29, 1.82) is 0 Å². The zero-order valence-corrected chi connectivity index (χ0v) is 12.1. The summed E-state index contributed by atoms with van der Waals surface area (Å²) in [6.45, 7) is 7.93. The Kier molecular flexibility index (Phi) is 4.92. The predicted molar refractivity (Wildman–Crippen MR) is 80.3 cm³/mol. The van der Waals surface area contributed by atoms with Crippen LogP contribution in [0.4, 0.5) is 11.4 Å². The highest BCUT2D eigenvalue weighted by Gasteiger charge is 2.13. The molecule has 0 saturated carbocycles. The Morgan fingerprint density at radius 2 is 2.00 bits per heavy atom. The van der Waals surface area contributed by atoms with Gasteiger partial charge < -0.3 is 10.2 Å². The molecule has 1 fully saturated rings. The summed E-state index contributed by atoms with van der Waals surface area (Å²) in [5.41, 5.74) is 1.69. The van der Waals surface area contributed by atoms with Gasteiger partial charge in [0.05, 0.1) is 4.92 Å². The summed E-state index contributed by atoms with van der Waals surface area (Å²) in [4.78, 5) is 15.3. The van der Waals surface area contributed by atoms with E-state index in [4.69, 9.17) is 0 Å². The lowest BCUT2D eigenvalue weighted by Gasteiger charge is -2.32. The first kappa shape index (κ1) is 14.7. The zero-order chi connectivity index (χ0) is 14.5. The molecule has 6 heteroatoms. The minimum atomic E-state index is -0.332. The number of hydrogen-bond acceptors (Lipinski definition) is 5. The van der Waals surface area contributed by atoms with E-state index in [1.54, 1.807) is 19.1 Å². The van der Waals surface area contributed by atoms with Crippen LogP contribution in [0.1, 0.15) is 5.56 Å². The van der Waals surface area contributed by atoms with E-state index >= 15 is 0 Å². The van der Waals surface area contributed by atoms with Crippen molar-refractivity contribution >= 4 is 11.4 Å². The number of hydrogen-bond donors (Lipinski definition) is 1. The van der Waals surface area contributed by atoms with Crippen molar-refractivity contribution in [3.63, 3.8) is 0 Å². The normalized spacial score (nSPS) is 17.1. The van der Waals surface area contributed by atoms with Gasteiger partial charge in [-0.25, -0.2) is 0 Å². The standard InChI is InChI=1S/C14H22N4O2/c1-12-3-4-13(11-14(12)18(19)20)15-5-6-17-9-7-16(2)8-10-17/h3-4,11,15H,5-10H2,1-2H3. The maximum absolute atomic E-state index is 10.9. The van der Waals surface area contributed by atoms with Crippen molar-refractivity contribution < 1.29 is 4.92 Å². The molecule has 0 atom stereocenters. The highest BCUT2D eigenvalue weighted by Crippen LogP contribution is 2.22. The van der Waals surface area contributed by atoms with Gasteiger partial charge in [0.1, 0.15) is 0 Å². The Labute approximate surface area is 119 Å². The third kappa shape index (κ3) is 3.91. The lowest BCUT2D eigenvalue weighted by Crippen LogP contribution is -2.45. The van der Waals surface area contributed by atoms with E-state index in [-0.39, 0.29) is 10.6 Å². The molecule has 20 heavy (non-hydrogen) atoms. The molecule has 0 aromatic heterocycles. The molecule has 1 aliphatic heterocycles. The van der Waals surface area contributed by atoms with Crippen LogP contribution in [0, 0.1) is 17.0 Å². The molecule has 6 nitrogen and oxygen atoms in total. The van der Waals surface area contributed by atoms with Crippen LogP contribution in [0.5, 0.6) is 0 Å². The van der Waals surface area contributed by atoms with Gasteiger partial charge in [0, 0.05) is 56.6 Å². The van der Waals surface area contributed by atoms with E-state index in [0.717, 1.165) is 45.0 Å². The minimum Gasteiger partial charge on any atom is -0.384 e. The molecule has 1 N–H and O–H groups in total. The molecule has 1 aromatic rings. The molecule has 1 aliphatic rings. The molecule has 0 unspecified atom stereocenters. The Morgan fingerprint density at radius 1 is 1.30 bits per heavy atom. The minimum absolute atomic E-state index is 0.176. The molecule has 2 rings (SSSR count). The molecule has 0 radical (unpaired) electrons. The second-order valence-electron chi connectivity index (χ2n) is 5.33. The lowest BCUT2D eigenvalue weighted by atomic mass is 10.2. The van der Waals surface area contributed by atoms with Crippen molar-refractivity contribution in [2.45, 2.75) is 6.92 Å². The summed E-state index contributed by atoms with van der Waals surface area (Å²) in [6.07, 6.45) is 0. The highest BCUT2D eigenvalue weighted by atomic mass is 16.6. The average Bonchev–Trinajstić information content (AvgIpc) is 2.42. The molecular weight excluding hydrogens is 256 g/mol. The summed E-state index contributed by atoms with van der Waals surface area (Å²) in [7, 11) is 2.14. The summed E-state index contributed by atoms with van der Waals surface area (Å²) in [6, 6.07) is 5.29. The van der Waals surface area contributed by atoms with Crippen LogP contribution in [0.3, 0.4) is 0 Å².